The molecule has 0 aliphatic rings. The Morgan fingerprint density at radius 1 is 1.32 bits per heavy atom. The van der Waals surface area contributed by atoms with E-state index in [2.05, 4.69) is 5.32 Å². The zero-order valence-corrected chi connectivity index (χ0v) is 14.2. The van der Waals surface area contributed by atoms with Gasteiger partial charge in [0.05, 0.1) is 6.54 Å². The van der Waals surface area contributed by atoms with Crippen molar-refractivity contribution in [2.75, 3.05) is 26.2 Å². The minimum atomic E-state index is -0.128. The van der Waals surface area contributed by atoms with Gasteiger partial charge in [0.15, 0.2) is 6.54 Å². The third-order valence-electron chi connectivity index (χ3n) is 3.48. The Hall–Kier alpha value is -1.59. The summed E-state index contributed by atoms with van der Waals surface area (Å²) in [5.74, 6) is -0.176. The molecule has 5 nitrogen and oxygen atoms in total. The molecule has 0 aliphatic heterocycles. The number of rotatable bonds is 8. The summed E-state index contributed by atoms with van der Waals surface area (Å²) in [6.07, 6.45) is 0. The Kier molecular flexibility index (Phi) is 7.91. The molecule has 1 rings (SSSR count). The molecule has 2 amide bonds. The number of likely N-dealkylation sites (N-methyl/N-ethyl adjacent to an activating group) is 2. The third kappa shape index (κ3) is 5.66. The molecule has 0 spiro atoms. The number of carbonyl (C=O) groups is 2. The predicted octanol–water partition coefficient (Wildman–Crippen LogP) is 0.949. The van der Waals surface area contributed by atoms with E-state index < -0.39 is 0 Å². The summed E-state index contributed by atoms with van der Waals surface area (Å²) in [6, 6.07) is 7.70. The number of nitrogens with one attached hydrogen (secondary N) is 1. The minimum Gasteiger partial charge on any atom is -0.355 e. The molecule has 1 aromatic rings. The summed E-state index contributed by atoms with van der Waals surface area (Å²) >= 11 is 6.16. The van der Waals surface area contributed by atoms with E-state index in [9.17, 15) is 9.59 Å². The highest BCUT2D eigenvalue weighted by Crippen LogP contribution is 2.19. The highest BCUT2D eigenvalue weighted by molar-refractivity contribution is 6.31. The molecule has 0 aliphatic carbocycles. The monoisotopic (exact) mass is 326 g/mol. The Morgan fingerprint density at radius 3 is 2.59 bits per heavy atom. The third-order valence-corrected chi connectivity index (χ3v) is 3.83. The number of amides is 2. The first-order valence-corrected chi connectivity index (χ1v) is 7.99. The summed E-state index contributed by atoms with van der Waals surface area (Å²) in [7, 11) is 0. The van der Waals surface area contributed by atoms with E-state index in [-0.39, 0.29) is 24.4 Å². The Morgan fingerprint density at radius 2 is 2.00 bits per heavy atom. The van der Waals surface area contributed by atoms with E-state index in [1.165, 1.54) is 0 Å². The number of hydrogen-bond acceptors (Lipinski definition) is 2. The Labute approximate surface area is 137 Å². The van der Waals surface area contributed by atoms with Gasteiger partial charge in [0.1, 0.15) is 6.04 Å². The van der Waals surface area contributed by atoms with Crippen molar-refractivity contribution < 1.29 is 14.9 Å². The van der Waals surface area contributed by atoms with Crippen LogP contribution in [0.2, 0.25) is 5.02 Å². The van der Waals surface area contributed by atoms with Gasteiger partial charge in [0.2, 0.25) is 5.91 Å². The van der Waals surface area contributed by atoms with E-state index in [0.29, 0.717) is 24.7 Å². The van der Waals surface area contributed by atoms with Crippen molar-refractivity contribution in [3.05, 3.63) is 34.9 Å². The van der Waals surface area contributed by atoms with Crippen molar-refractivity contribution in [1.29, 1.82) is 0 Å². The molecule has 0 unspecified atom stereocenters. The maximum Gasteiger partial charge on any atom is 0.278 e. The summed E-state index contributed by atoms with van der Waals surface area (Å²) in [4.78, 5) is 25.4. The van der Waals surface area contributed by atoms with Gasteiger partial charge in [-0.15, -0.1) is 0 Å². The standard InChI is InChI=1S/C16H24ClN3O2/c1-4-18-15(21)11-20(5-2)16(22)10-19-12(3)13-8-6-7-9-14(13)17/h6-9,12,19H,4-5,10-11H2,1-3H3,(H,18,21)/p+1/t12-/m1/s1. The van der Waals surface area contributed by atoms with Crippen molar-refractivity contribution in [2.24, 2.45) is 0 Å². The van der Waals surface area contributed by atoms with Gasteiger partial charge in [-0.05, 0) is 26.8 Å². The second-order valence-corrected chi connectivity index (χ2v) is 5.52. The molecule has 0 radical (unpaired) electrons. The van der Waals surface area contributed by atoms with Gasteiger partial charge in [0.25, 0.3) is 5.91 Å². The fourth-order valence-electron chi connectivity index (χ4n) is 2.18. The van der Waals surface area contributed by atoms with Crippen LogP contribution in [0.25, 0.3) is 0 Å². The van der Waals surface area contributed by atoms with Crippen molar-refractivity contribution in [2.45, 2.75) is 26.8 Å². The lowest BCUT2D eigenvalue weighted by molar-refractivity contribution is -0.683. The van der Waals surface area contributed by atoms with Gasteiger partial charge in [-0.1, -0.05) is 29.8 Å². The van der Waals surface area contributed by atoms with Crippen molar-refractivity contribution in [3.63, 3.8) is 0 Å². The largest absolute Gasteiger partial charge is 0.355 e. The lowest BCUT2D eigenvalue weighted by atomic mass is 10.1. The first kappa shape index (κ1) is 18.5. The molecule has 22 heavy (non-hydrogen) atoms. The normalized spacial score (nSPS) is 11.8. The molecule has 0 saturated carbocycles. The maximum absolute atomic E-state index is 12.2. The van der Waals surface area contributed by atoms with Gasteiger partial charge in [-0.3, -0.25) is 9.59 Å². The molecule has 0 fully saturated rings. The van der Waals surface area contributed by atoms with Crippen LogP contribution in [0.4, 0.5) is 0 Å². The summed E-state index contributed by atoms with van der Waals surface area (Å²) in [5.41, 5.74) is 1.00. The quantitative estimate of drug-likeness (QED) is 0.747. The van der Waals surface area contributed by atoms with Crippen molar-refractivity contribution in [1.82, 2.24) is 10.2 Å². The van der Waals surface area contributed by atoms with Crippen LogP contribution in [0.1, 0.15) is 32.4 Å². The molecule has 0 bridgehead atoms. The van der Waals surface area contributed by atoms with E-state index in [1.807, 2.05) is 50.4 Å². The zero-order valence-electron chi connectivity index (χ0n) is 13.4. The number of nitrogens with two attached hydrogens (primary N) is 1. The fourth-order valence-corrected chi connectivity index (χ4v) is 2.49. The van der Waals surface area contributed by atoms with Crippen LogP contribution in [-0.2, 0) is 9.59 Å². The van der Waals surface area contributed by atoms with Crippen LogP contribution in [0.15, 0.2) is 24.3 Å². The van der Waals surface area contributed by atoms with Crippen LogP contribution in [0.5, 0.6) is 0 Å². The van der Waals surface area contributed by atoms with Crippen LogP contribution < -0.4 is 10.6 Å². The Bertz CT molecular complexity index is 508. The second kappa shape index (κ2) is 9.43. The molecule has 0 saturated heterocycles. The molecule has 0 heterocycles. The highest BCUT2D eigenvalue weighted by Gasteiger charge is 2.19. The molecule has 3 N–H and O–H groups in total. The lowest BCUT2D eigenvalue weighted by Crippen LogP contribution is -2.87. The maximum atomic E-state index is 12.2. The fraction of sp³-hybridized carbons (Fsp3) is 0.500. The molecule has 1 atom stereocenters. The number of carbonyl (C=O) groups excluding carboxylic acids is 2. The lowest BCUT2D eigenvalue weighted by Gasteiger charge is -2.20. The first-order valence-electron chi connectivity index (χ1n) is 7.61. The number of hydrogen-bond donors (Lipinski definition) is 2. The molecule has 1 aromatic carbocycles. The van der Waals surface area contributed by atoms with Crippen LogP contribution in [0.3, 0.4) is 0 Å². The molecule has 6 heteroatoms. The molecular formula is C16H25ClN3O2+. The van der Waals surface area contributed by atoms with E-state index in [0.717, 1.165) is 5.56 Å². The Balaban J connectivity index is 2.53. The topological polar surface area (TPSA) is 66.0 Å². The first-order chi connectivity index (χ1) is 10.5. The van der Waals surface area contributed by atoms with Gasteiger partial charge in [0, 0.05) is 23.7 Å². The number of benzene rings is 1. The smallest absolute Gasteiger partial charge is 0.278 e. The second-order valence-electron chi connectivity index (χ2n) is 5.11. The minimum absolute atomic E-state index is 0.0485. The van der Waals surface area contributed by atoms with Crippen LogP contribution in [0, 0.1) is 0 Å². The van der Waals surface area contributed by atoms with Crippen molar-refractivity contribution in [3.8, 4) is 0 Å². The number of halogens is 1. The SMILES string of the molecule is CCNC(=O)CN(CC)C(=O)C[NH2+][C@H](C)c1ccccc1Cl. The van der Waals surface area contributed by atoms with E-state index in [1.54, 1.807) is 4.90 Å². The molecular weight excluding hydrogens is 302 g/mol. The van der Waals surface area contributed by atoms with Gasteiger partial charge in [-0.2, -0.15) is 0 Å². The number of nitrogens with zero attached hydrogens (tertiary/aromatic N) is 1. The summed E-state index contributed by atoms with van der Waals surface area (Å²) < 4.78 is 0. The predicted molar refractivity (Wildman–Crippen MR) is 87.6 cm³/mol. The highest BCUT2D eigenvalue weighted by atomic mass is 35.5. The summed E-state index contributed by atoms with van der Waals surface area (Å²) in [6.45, 7) is 7.22. The van der Waals surface area contributed by atoms with Gasteiger partial charge < -0.3 is 15.5 Å². The number of quaternary nitrogens is 1. The summed E-state index contributed by atoms with van der Waals surface area (Å²) in [5, 5.41) is 5.34. The van der Waals surface area contributed by atoms with Gasteiger partial charge >= 0.3 is 0 Å². The van der Waals surface area contributed by atoms with E-state index in [4.69, 9.17) is 11.6 Å². The zero-order chi connectivity index (χ0) is 16.5. The average Bonchev–Trinajstić information content (AvgIpc) is 2.50. The van der Waals surface area contributed by atoms with Crippen LogP contribution in [-0.4, -0.2) is 42.9 Å². The average molecular weight is 327 g/mol. The van der Waals surface area contributed by atoms with Gasteiger partial charge in [-0.25, -0.2) is 0 Å². The van der Waals surface area contributed by atoms with Crippen molar-refractivity contribution >= 4 is 23.4 Å². The molecule has 0 aromatic heterocycles. The molecule has 122 valence electrons. The van der Waals surface area contributed by atoms with E-state index >= 15 is 0 Å². The van der Waals surface area contributed by atoms with Crippen LogP contribution >= 0.6 is 11.6 Å².